The second-order valence-electron chi connectivity index (χ2n) is 3.14. The third kappa shape index (κ3) is 3.32. The number of rotatable bonds is 5. The number of ether oxygens (including phenoxy) is 2. The Hall–Kier alpha value is -2.33. The van der Waals surface area contributed by atoms with Crippen molar-refractivity contribution in [3.8, 4) is 17.6 Å². The van der Waals surface area contributed by atoms with Crippen LogP contribution in [0.5, 0.6) is 11.5 Å². The number of nitro groups is 1. The van der Waals surface area contributed by atoms with Gasteiger partial charge in [0.25, 0.3) is 0 Å². The molecular weight excluding hydrogens is 226 g/mol. The molecule has 7 nitrogen and oxygen atoms in total. The summed E-state index contributed by atoms with van der Waals surface area (Å²) in [6.07, 6.45) is 0. The Morgan fingerprint density at radius 1 is 1.65 bits per heavy atom. The van der Waals surface area contributed by atoms with Crippen LogP contribution >= 0.6 is 0 Å². The predicted octanol–water partition coefficient (Wildman–Crippen LogP) is 0.833. The molecule has 17 heavy (non-hydrogen) atoms. The van der Waals surface area contributed by atoms with E-state index in [1.54, 1.807) is 6.07 Å². The van der Waals surface area contributed by atoms with E-state index in [1.807, 2.05) is 0 Å². The highest BCUT2D eigenvalue weighted by molar-refractivity contribution is 5.50. The standard InChI is InChI=1S/C10H11N3O4/c1-16-10-3-2-8(4-9(10)13(14)15)17-6-7(12)5-11/h2-4,7H,6,12H2,1H3. The summed E-state index contributed by atoms with van der Waals surface area (Å²) < 4.78 is 9.98. The summed E-state index contributed by atoms with van der Waals surface area (Å²) in [6.45, 7) is -0.0278. The third-order valence-electron chi connectivity index (χ3n) is 1.94. The molecule has 90 valence electrons. The number of nitro benzene ring substituents is 1. The van der Waals surface area contributed by atoms with Crippen LogP contribution in [0.3, 0.4) is 0 Å². The highest BCUT2D eigenvalue weighted by Gasteiger charge is 2.16. The largest absolute Gasteiger partial charge is 0.491 e. The molecule has 1 atom stereocenters. The molecule has 0 saturated heterocycles. The zero-order valence-corrected chi connectivity index (χ0v) is 9.12. The van der Waals surface area contributed by atoms with E-state index in [1.165, 1.54) is 25.3 Å². The minimum atomic E-state index is -0.767. The van der Waals surface area contributed by atoms with Crippen LogP contribution in [0.2, 0.25) is 0 Å². The lowest BCUT2D eigenvalue weighted by molar-refractivity contribution is -0.385. The first-order valence-corrected chi connectivity index (χ1v) is 4.69. The van der Waals surface area contributed by atoms with Crippen molar-refractivity contribution < 1.29 is 14.4 Å². The molecule has 2 N–H and O–H groups in total. The first-order valence-electron chi connectivity index (χ1n) is 4.69. The molecule has 0 spiro atoms. The fraction of sp³-hybridized carbons (Fsp3) is 0.300. The van der Waals surface area contributed by atoms with Crippen LogP contribution in [0.1, 0.15) is 0 Å². The molecule has 0 aliphatic heterocycles. The smallest absolute Gasteiger partial charge is 0.314 e. The van der Waals surface area contributed by atoms with E-state index in [-0.39, 0.29) is 23.8 Å². The molecular formula is C10H11N3O4. The monoisotopic (exact) mass is 237 g/mol. The topological polar surface area (TPSA) is 111 Å². The van der Waals surface area contributed by atoms with Crippen molar-refractivity contribution in [2.24, 2.45) is 5.73 Å². The summed E-state index contributed by atoms with van der Waals surface area (Å²) in [7, 11) is 1.34. The average Bonchev–Trinajstić information content (AvgIpc) is 2.35. The summed E-state index contributed by atoms with van der Waals surface area (Å²) >= 11 is 0. The Balaban J connectivity index is 2.86. The lowest BCUT2D eigenvalue weighted by Crippen LogP contribution is -2.25. The Kier molecular flexibility index (Phi) is 4.25. The molecule has 1 rings (SSSR count). The van der Waals surface area contributed by atoms with E-state index in [0.29, 0.717) is 0 Å². The van der Waals surface area contributed by atoms with Gasteiger partial charge >= 0.3 is 5.69 Å². The minimum Gasteiger partial charge on any atom is -0.491 e. The summed E-state index contributed by atoms with van der Waals surface area (Å²) in [5, 5.41) is 19.2. The number of benzene rings is 1. The Morgan fingerprint density at radius 2 is 2.35 bits per heavy atom. The van der Waals surface area contributed by atoms with Crippen molar-refractivity contribution in [1.82, 2.24) is 0 Å². The highest BCUT2D eigenvalue weighted by atomic mass is 16.6. The van der Waals surface area contributed by atoms with Crippen LogP contribution in [-0.4, -0.2) is 24.7 Å². The van der Waals surface area contributed by atoms with Gasteiger partial charge in [-0.2, -0.15) is 5.26 Å². The SMILES string of the molecule is COc1ccc(OCC(N)C#N)cc1[N+](=O)[O-]. The van der Waals surface area contributed by atoms with Gasteiger partial charge in [0.2, 0.25) is 0 Å². The second kappa shape index (κ2) is 5.67. The second-order valence-corrected chi connectivity index (χ2v) is 3.14. The number of nitrogens with two attached hydrogens (primary N) is 1. The fourth-order valence-electron chi connectivity index (χ4n) is 1.13. The normalized spacial score (nSPS) is 11.4. The van der Waals surface area contributed by atoms with E-state index < -0.39 is 11.0 Å². The van der Waals surface area contributed by atoms with Crippen molar-refractivity contribution in [1.29, 1.82) is 5.26 Å². The summed E-state index contributed by atoms with van der Waals surface area (Å²) in [4.78, 5) is 10.1. The molecule has 0 aromatic heterocycles. The molecule has 0 heterocycles. The van der Waals surface area contributed by atoms with Crippen molar-refractivity contribution in [2.75, 3.05) is 13.7 Å². The van der Waals surface area contributed by atoms with E-state index >= 15 is 0 Å². The molecule has 0 aliphatic rings. The molecule has 7 heteroatoms. The lowest BCUT2D eigenvalue weighted by atomic mass is 10.3. The van der Waals surface area contributed by atoms with Gasteiger partial charge in [0.1, 0.15) is 18.4 Å². The van der Waals surface area contributed by atoms with Crippen LogP contribution in [0.25, 0.3) is 0 Å². The molecule has 0 aliphatic carbocycles. The van der Waals surface area contributed by atoms with Crippen LogP contribution in [0, 0.1) is 21.4 Å². The molecule has 0 saturated carbocycles. The van der Waals surface area contributed by atoms with E-state index in [2.05, 4.69) is 0 Å². The zero-order chi connectivity index (χ0) is 12.8. The van der Waals surface area contributed by atoms with Crippen LogP contribution < -0.4 is 15.2 Å². The number of nitriles is 1. The average molecular weight is 237 g/mol. The number of nitrogens with zero attached hydrogens (tertiary/aromatic N) is 2. The molecule has 1 aromatic rings. The van der Waals surface area contributed by atoms with E-state index in [9.17, 15) is 10.1 Å². The summed E-state index contributed by atoms with van der Waals surface area (Å²) in [5.41, 5.74) is 5.13. The first kappa shape index (κ1) is 12.7. The Morgan fingerprint density at radius 3 is 2.88 bits per heavy atom. The molecule has 1 unspecified atom stereocenters. The van der Waals surface area contributed by atoms with Gasteiger partial charge in [-0.3, -0.25) is 10.1 Å². The summed E-state index contributed by atoms with van der Waals surface area (Å²) in [5.74, 6) is 0.412. The maximum absolute atomic E-state index is 10.7. The van der Waals surface area contributed by atoms with Crippen molar-refractivity contribution >= 4 is 5.69 Å². The Labute approximate surface area is 97.5 Å². The maximum atomic E-state index is 10.7. The van der Waals surface area contributed by atoms with Gasteiger partial charge in [0, 0.05) is 0 Å². The van der Waals surface area contributed by atoms with Gasteiger partial charge in [-0.05, 0) is 12.1 Å². The molecule has 1 aromatic carbocycles. The number of hydrogen-bond donors (Lipinski definition) is 1. The highest BCUT2D eigenvalue weighted by Crippen LogP contribution is 2.30. The third-order valence-corrected chi connectivity index (χ3v) is 1.94. The van der Waals surface area contributed by atoms with E-state index in [0.717, 1.165) is 0 Å². The molecule has 0 radical (unpaired) electrons. The minimum absolute atomic E-state index is 0.0278. The van der Waals surface area contributed by atoms with Crippen molar-refractivity contribution in [2.45, 2.75) is 6.04 Å². The van der Waals surface area contributed by atoms with Gasteiger partial charge in [-0.1, -0.05) is 0 Å². The quantitative estimate of drug-likeness (QED) is 0.599. The molecule has 0 amide bonds. The van der Waals surface area contributed by atoms with Crippen molar-refractivity contribution in [3.05, 3.63) is 28.3 Å². The maximum Gasteiger partial charge on any atom is 0.314 e. The van der Waals surface area contributed by atoms with Crippen LogP contribution in [0.15, 0.2) is 18.2 Å². The zero-order valence-electron chi connectivity index (χ0n) is 9.12. The number of hydrogen-bond acceptors (Lipinski definition) is 6. The summed E-state index contributed by atoms with van der Waals surface area (Å²) in [6, 6.07) is 5.18. The fourth-order valence-corrected chi connectivity index (χ4v) is 1.13. The lowest BCUT2D eigenvalue weighted by Gasteiger charge is -2.08. The van der Waals surface area contributed by atoms with Crippen molar-refractivity contribution in [3.63, 3.8) is 0 Å². The molecule has 0 fully saturated rings. The predicted molar refractivity (Wildman–Crippen MR) is 58.7 cm³/mol. The van der Waals surface area contributed by atoms with Crippen LogP contribution in [-0.2, 0) is 0 Å². The number of methoxy groups -OCH3 is 1. The van der Waals surface area contributed by atoms with Gasteiger partial charge in [-0.15, -0.1) is 0 Å². The van der Waals surface area contributed by atoms with Gasteiger partial charge in [0.05, 0.1) is 24.2 Å². The van der Waals surface area contributed by atoms with E-state index in [4.69, 9.17) is 20.5 Å². The Bertz CT molecular complexity index is 455. The van der Waals surface area contributed by atoms with Crippen LogP contribution in [0.4, 0.5) is 5.69 Å². The van der Waals surface area contributed by atoms with Gasteiger partial charge in [0.15, 0.2) is 5.75 Å². The van der Waals surface area contributed by atoms with Gasteiger partial charge in [-0.25, -0.2) is 0 Å². The first-order chi connectivity index (χ1) is 8.08. The molecule has 0 bridgehead atoms. The van der Waals surface area contributed by atoms with Gasteiger partial charge < -0.3 is 15.2 Å².